The van der Waals surface area contributed by atoms with Gasteiger partial charge in [-0.25, -0.2) is 4.79 Å². The maximum atomic E-state index is 10.6. The summed E-state index contributed by atoms with van der Waals surface area (Å²) in [6.07, 6.45) is 3.03. The second-order valence-corrected chi connectivity index (χ2v) is 4.18. The molecule has 1 aromatic heterocycles. The zero-order chi connectivity index (χ0) is 11.6. The Hall–Kier alpha value is -1.56. The normalized spacial score (nSPS) is 25.3. The highest BCUT2D eigenvalue weighted by Crippen LogP contribution is 2.23. The van der Waals surface area contributed by atoms with Gasteiger partial charge in [0.15, 0.2) is 5.69 Å². The number of carboxylic acid groups (broad SMARTS) is 1. The lowest BCUT2D eigenvalue weighted by Crippen LogP contribution is -2.43. The van der Waals surface area contributed by atoms with Gasteiger partial charge in [0, 0.05) is 6.61 Å². The number of anilines is 1. The second kappa shape index (κ2) is 4.13. The molecule has 0 saturated carbocycles. The average Bonchev–Trinajstić information content (AvgIpc) is 2.66. The van der Waals surface area contributed by atoms with Crippen LogP contribution in [0.2, 0.25) is 0 Å². The standard InChI is InChI=1S/C10H14N2O4/c1-10(3-2-4-15-6-10)12-9-11-7(5-16-9)8(13)14/h5H,2-4,6H2,1H3,(H,11,12)(H,13,14). The van der Waals surface area contributed by atoms with Crippen molar-refractivity contribution in [3.63, 3.8) is 0 Å². The van der Waals surface area contributed by atoms with Crippen LogP contribution in [0.25, 0.3) is 0 Å². The quantitative estimate of drug-likeness (QED) is 0.809. The molecule has 0 bridgehead atoms. The molecule has 0 spiro atoms. The zero-order valence-corrected chi connectivity index (χ0v) is 9.02. The van der Waals surface area contributed by atoms with E-state index in [1.54, 1.807) is 0 Å². The number of carboxylic acids is 1. The molecule has 1 aromatic rings. The first kappa shape index (κ1) is 10.9. The molecule has 2 heterocycles. The topological polar surface area (TPSA) is 84.6 Å². The Morgan fingerprint density at radius 1 is 1.69 bits per heavy atom. The van der Waals surface area contributed by atoms with Crippen molar-refractivity contribution in [3.8, 4) is 0 Å². The Bertz CT molecular complexity index is 382. The number of rotatable bonds is 3. The third-order valence-electron chi connectivity index (χ3n) is 2.57. The van der Waals surface area contributed by atoms with E-state index in [0.29, 0.717) is 6.61 Å². The first-order valence-corrected chi connectivity index (χ1v) is 5.14. The van der Waals surface area contributed by atoms with Crippen molar-refractivity contribution in [2.75, 3.05) is 18.5 Å². The van der Waals surface area contributed by atoms with E-state index in [4.69, 9.17) is 14.3 Å². The smallest absolute Gasteiger partial charge is 0.357 e. The molecule has 1 atom stereocenters. The fraction of sp³-hybridized carbons (Fsp3) is 0.600. The van der Waals surface area contributed by atoms with Crippen LogP contribution in [0.5, 0.6) is 0 Å². The summed E-state index contributed by atoms with van der Waals surface area (Å²) in [7, 11) is 0. The summed E-state index contributed by atoms with van der Waals surface area (Å²) in [5, 5.41) is 11.8. The monoisotopic (exact) mass is 226 g/mol. The van der Waals surface area contributed by atoms with Gasteiger partial charge in [0.25, 0.3) is 6.01 Å². The molecular formula is C10H14N2O4. The molecule has 88 valence electrons. The Balaban J connectivity index is 2.04. The van der Waals surface area contributed by atoms with Crippen molar-refractivity contribution in [2.24, 2.45) is 0 Å². The predicted octanol–water partition coefficient (Wildman–Crippen LogP) is 1.35. The first-order chi connectivity index (χ1) is 7.59. The van der Waals surface area contributed by atoms with Crippen LogP contribution in [0.4, 0.5) is 6.01 Å². The van der Waals surface area contributed by atoms with Crippen molar-refractivity contribution in [2.45, 2.75) is 25.3 Å². The van der Waals surface area contributed by atoms with Crippen molar-refractivity contribution >= 4 is 12.0 Å². The number of hydrogen-bond donors (Lipinski definition) is 2. The Labute approximate surface area is 92.6 Å². The third-order valence-corrected chi connectivity index (χ3v) is 2.57. The van der Waals surface area contributed by atoms with Gasteiger partial charge in [-0.1, -0.05) is 0 Å². The predicted molar refractivity (Wildman–Crippen MR) is 55.5 cm³/mol. The summed E-state index contributed by atoms with van der Waals surface area (Å²) in [4.78, 5) is 14.4. The van der Waals surface area contributed by atoms with Crippen LogP contribution in [0.3, 0.4) is 0 Å². The van der Waals surface area contributed by atoms with E-state index in [2.05, 4.69) is 10.3 Å². The highest BCUT2D eigenvalue weighted by Gasteiger charge is 2.29. The van der Waals surface area contributed by atoms with Gasteiger partial charge in [0.2, 0.25) is 0 Å². The van der Waals surface area contributed by atoms with Crippen LogP contribution in [-0.2, 0) is 4.74 Å². The molecular weight excluding hydrogens is 212 g/mol. The van der Waals surface area contributed by atoms with Crippen molar-refractivity contribution in [3.05, 3.63) is 12.0 Å². The molecule has 2 N–H and O–H groups in total. The molecule has 2 rings (SSSR count). The molecule has 0 aliphatic carbocycles. The van der Waals surface area contributed by atoms with E-state index in [1.165, 1.54) is 0 Å². The number of nitrogens with one attached hydrogen (secondary N) is 1. The molecule has 0 aromatic carbocycles. The van der Waals surface area contributed by atoms with Crippen LogP contribution in [0.1, 0.15) is 30.3 Å². The van der Waals surface area contributed by atoms with Gasteiger partial charge in [-0.05, 0) is 19.8 Å². The number of aromatic nitrogens is 1. The number of aromatic carboxylic acids is 1. The number of nitrogens with zero attached hydrogens (tertiary/aromatic N) is 1. The number of hydrogen-bond acceptors (Lipinski definition) is 5. The summed E-state index contributed by atoms with van der Waals surface area (Å²) in [6, 6.07) is 0.227. The maximum absolute atomic E-state index is 10.6. The molecule has 1 aliphatic heterocycles. The van der Waals surface area contributed by atoms with Crippen molar-refractivity contribution < 1.29 is 19.1 Å². The lowest BCUT2D eigenvalue weighted by Gasteiger charge is -2.33. The van der Waals surface area contributed by atoms with Gasteiger partial charge in [0.1, 0.15) is 6.26 Å². The molecule has 1 unspecified atom stereocenters. The Kier molecular flexibility index (Phi) is 2.82. The molecule has 1 aliphatic rings. The highest BCUT2D eigenvalue weighted by atomic mass is 16.5. The molecule has 6 heteroatoms. The van der Waals surface area contributed by atoms with E-state index in [0.717, 1.165) is 25.7 Å². The van der Waals surface area contributed by atoms with Gasteiger partial charge in [0.05, 0.1) is 12.1 Å². The summed E-state index contributed by atoms with van der Waals surface area (Å²) in [5.41, 5.74) is -0.332. The lowest BCUT2D eigenvalue weighted by atomic mass is 9.95. The summed E-state index contributed by atoms with van der Waals surface area (Å²) < 4.78 is 10.4. The van der Waals surface area contributed by atoms with Gasteiger partial charge in [-0.3, -0.25) is 0 Å². The minimum atomic E-state index is -1.10. The van der Waals surface area contributed by atoms with Gasteiger partial charge in [-0.2, -0.15) is 4.98 Å². The van der Waals surface area contributed by atoms with Crippen molar-refractivity contribution in [1.82, 2.24) is 4.98 Å². The number of carbonyl (C=O) groups is 1. The van der Waals surface area contributed by atoms with E-state index in [9.17, 15) is 4.79 Å². The Morgan fingerprint density at radius 2 is 2.50 bits per heavy atom. The summed E-state index contributed by atoms with van der Waals surface area (Å²) in [6.45, 7) is 3.33. The SMILES string of the molecule is CC1(Nc2nc(C(=O)O)co2)CCCOC1. The fourth-order valence-electron chi connectivity index (χ4n) is 1.72. The molecule has 1 saturated heterocycles. The van der Waals surface area contributed by atoms with Crippen LogP contribution >= 0.6 is 0 Å². The maximum Gasteiger partial charge on any atom is 0.357 e. The van der Waals surface area contributed by atoms with E-state index >= 15 is 0 Å². The fourth-order valence-corrected chi connectivity index (χ4v) is 1.72. The summed E-state index contributed by atoms with van der Waals surface area (Å²) >= 11 is 0. The zero-order valence-electron chi connectivity index (χ0n) is 9.02. The van der Waals surface area contributed by atoms with Crippen molar-refractivity contribution in [1.29, 1.82) is 0 Å². The van der Waals surface area contributed by atoms with Gasteiger partial charge < -0.3 is 19.6 Å². The number of ether oxygens (including phenoxy) is 1. The Morgan fingerprint density at radius 3 is 3.06 bits per heavy atom. The van der Waals surface area contributed by atoms with Crippen LogP contribution in [0.15, 0.2) is 10.7 Å². The third kappa shape index (κ3) is 2.33. The van der Waals surface area contributed by atoms with Crippen LogP contribution < -0.4 is 5.32 Å². The van der Waals surface area contributed by atoms with Gasteiger partial charge >= 0.3 is 5.97 Å². The van der Waals surface area contributed by atoms with Gasteiger partial charge in [-0.15, -0.1) is 0 Å². The van der Waals surface area contributed by atoms with Crippen LogP contribution in [0, 0.1) is 0 Å². The largest absolute Gasteiger partial charge is 0.476 e. The number of oxazole rings is 1. The average molecular weight is 226 g/mol. The molecule has 6 nitrogen and oxygen atoms in total. The lowest BCUT2D eigenvalue weighted by molar-refractivity contribution is 0.0530. The molecule has 1 fully saturated rings. The van der Waals surface area contributed by atoms with E-state index in [1.807, 2.05) is 6.92 Å². The van der Waals surface area contributed by atoms with Crippen LogP contribution in [-0.4, -0.2) is 34.8 Å². The molecule has 0 amide bonds. The summed E-state index contributed by atoms with van der Waals surface area (Å²) in [5.74, 6) is -1.10. The van der Waals surface area contributed by atoms with E-state index in [-0.39, 0.29) is 17.2 Å². The molecule has 0 radical (unpaired) electrons. The minimum Gasteiger partial charge on any atom is -0.476 e. The first-order valence-electron chi connectivity index (χ1n) is 5.14. The van der Waals surface area contributed by atoms with E-state index < -0.39 is 5.97 Å². The second-order valence-electron chi connectivity index (χ2n) is 4.18. The minimum absolute atomic E-state index is 0.0946. The highest BCUT2D eigenvalue weighted by molar-refractivity contribution is 5.85. The molecule has 16 heavy (non-hydrogen) atoms.